The molecule has 0 bridgehead atoms. The van der Waals surface area contributed by atoms with Crippen molar-refractivity contribution in [3.05, 3.63) is 51.8 Å². The van der Waals surface area contributed by atoms with E-state index < -0.39 is 16.7 Å². The van der Waals surface area contributed by atoms with Crippen molar-refractivity contribution in [2.24, 2.45) is 0 Å². The summed E-state index contributed by atoms with van der Waals surface area (Å²) in [5.74, 6) is 0. The van der Waals surface area contributed by atoms with Crippen molar-refractivity contribution < 1.29 is 9.90 Å². The van der Waals surface area contributed by atoms with Crippen LogP contribution in [0.2, 0.25) is 0 Å². The number of carbonyl (C=O) groups excluding carboxylic acids is 1. The summed E-state index contributed by atoms with van der Waals surface area (Å²) in [5.41, 5.74) is 7.41. The van der Waals surface area contributed by atoms with Crippen LogP contribution in [0.3, 0.4) is 0 Å². The van der Waals surface area contributed by atoms with E-state index in [1.54, 1.807) is 13.8 Å². The minimum Gasteiger partial charge on any atom is -0.386 e. The van der Waals surface area contributed by atoms with Gasteiger partial charge in [0.2, 0.25) is 5.12 Å². The van der Waals surface area contributed by atoms with Gasteiger partial charge in [-0.05, 0) is 74.8 Å². The fourth-order valence-electron chi connectivity index (χ4n) is 5.01. The number of hydrogen-bond acceptors (Lipinski definition) is 5. The molecule has 1 atom stereocenters. The molecule has 0 radical (unpaired) electrons. The maximum absolute atomic E-state index is 12.6. The summed E-state index contributed by atoms with van der Waals surface area (Å²) < 4.78 is 3.46. The lowest BCUT2D eigenvalue weighted by Crippen LogP contribution is -2.31. The van der Waals surface area contributed by atoms with Gasteiger partial charge in [0.25, 0.3) is 0 Å². The minimum absolute atomic E-state index is 0.136. The van der Waals surface area contributed by atoms with Crippen molar-refractivity contribution >= 4 is 21.9 Å². The van der Waals surface area contributed by atoms with Crippen molar-refractivity contribution in [1.29, 1.82) is 0 Å². The van der Waals surface area contributed by atoms with Gasteiger partial charge in [0.05, 0.1) is 18.0 Å². The number of benzene rings is 1. The third kappa shape index (κ3) is 3.08. The lowest BCUT2D eigenvalue weighted by Gasteiger charge is -2.34. The maximum Gasteiger partial charge on any atom is 0.217 e. The third-order valence-electron chi connectivity index (χ3n) is 6.85. The Bertz CT molecular complexity index is 1060. The Balaban J connectivity index is 1.36. The molecule has 2 heterocycles. The number of pyridine rings is 1. The van der Waals surface area contributed by atoms with Crippen molar-refractivity contribution in [3.63, 3.8) is 0 Å². The Kier molecular flexibility index (Phi) is 4.55. The number of rotatable bonds is 5. The second kappa shape index (κ2) is 6.81. The summed E-state index contributed by atoms with van der Waals surface area (Å²) >= 11 is -1.04. The lowest BCUT2D eigenvalue weighted by molar-refractivity contribution is 0.0781. The number of thiol groups is 1. The van der Waals surface area contributed by atoms with E-state index in [4.69, 9.17) is 4.98 Å². The topological polar surface area (TPSA) is 74.2 Å². The van der Waals surface area contributed by atoms with E-state index in [1.807, 2.05) is 18.2 Å². The SMILES string of the molecule is CC(C)(O)c1ccc2c(c1)[SH](NCNc1c3c(nc4c1CCC4(C)C)CCC3)C2=O. The predicted molar refractivity (Wildman–Crippen MR) is 123 cm³/mol. The van der Waals surface area contributed by atoms with Crippen LogP contribution >= 0.6 is 11.1 Å². The Hall–Kier alpha value is -1.89. The normalized spacial score (nSPS) is 22.3. The highest BCUT2D eigenvalue weighted by Gasteiger charge is 2.37. The van der Waals surface area contributed by atoms with Crippen LogP contribution in [0, 0.1) is 0 Å². The van der Waals surface area contributed by atoms with Crippen molar-refractivity contribution in [1.82, 2.24) is 9.71 Å². The van der Waals surface area contributed by atoms with Crippen LogP contribution in [0.4, 0.5) is 5.69 Å². The number of fused-ring (bicyclic) bond motifs is 3. The van der Waals surface area contributed by atoms with Crippen LogP contribution < -0.4 is 10.0 Å². The molecule has 0 saturated carbocycles. The number of aromatic nitrogens is 1. The van der Waals surface area contributed by atoms with E-state index in [1.165, 1.54) is 34.6 Å². The van der Waals surface area contributed by atoms with E-state index in [0.717, 1.165) is 41.7 Å². The van der Waals surface area contributed by atoms with Crippen LogP contribution in [0.1, 0.15) is 79.0 Å². The first kappa shape index (κ1) is 20.0. The van der Waals surface area contributed by atoms with Gasteiger partial charge in [0.1, 0.15) is 0 Å². The molecule has 5 rings (SSSR count). The molecular weight excluding hydrogens is 394 g/mol. The average Bonchev–Trinajstić information content (AvgIpc) is 3.27. The molecule has 0 saturated heterocycles. The van der Waals surface area contributed by atoms with Crippen LogP contribution in [0.15, 0.2) is 23.1 Å². The number of aryl methyl sites for hydroxylation is 1. The molecule has 6 heteroatoms. The number of nitrogens with one attached hydrogen (secondary N) is 2. The highest BCUT2D eigenvalue weighted by atomic mass is 32.2. The zero-order valence-electron chi connectivity index (χ0n) is 18.2. The fraction of sp³-hybridized carbons (Fsp3) is 0.500. The van der Waals surface area contributed by atoms with Gasteiger partial charge in [-0.1, -0.05) is 19.9 Å². The average molecular weight is 426 g/mol. The summed E-state index contributed by atoms with van der Waals surface area (Å²) in [4.78, 5) is 18.7. The molecule has 0 spiro atoms. The number of aliphatic hydroxyl groups is 1. The Morgan fingerprint density at radius 1 is 1.20 bits per heavy atom. The third-order valence-corrected chi connectivity index (χ3v) is 8.82. The number of nitrogens with zero attached hydrogens (tertiary/aromatic N) is 1. The molecule has 2 aromatic rings. The standard InChI is InChI=1S/C24H31N3O2S/c1-23(2)11-10-17-20(15-6-5-7-18(15)27-21(17)23)25-13-26-30-19-12-14(24(3,4)29)8-9-16(19)22(30)28/h8-9,12,26,29-30H,5-7,10-11,13H2,1-4H3,(H,25,27). The number of carbonyl (C=O) groups is 1. The molecule has 3 N–H and O–H groups in total. The van der Waals surface area contributed by atoms with Crippen LogP contribution in [0.25, 0.3) is 0 Å². The first-order valence-electron chi connectivity index (χ1n) is 10.9. The maximum atomic E-state index is 12.6. The number of anilines is 1. The molecule has 1 aromatic carbocycles. The Morgan fingerprint density at radius 3 is 2.77 bits per heavy atom. The summed E-state index contributed by atoms with van der Waals surface area (Å²) in [5, 5.41) is 14.1. The van der Waals surface area contributed by atoms with E-state index >= 15 is 0 Å². The molecule has 1 aliphatic heterocycles. The molecular formula is C24H31N3O2S. The monoisotopic (exact) mass is 425 g/mol. The quantitative estimate of drug-likeness (QED) is 0.429. The van der Waals surface area contributed by atoms with E-state index in [2.05, 4.69) is 23.9 Å². The molecule has 3 aliphatic rings. The van der Waals surface area contributed by atoms with E-state index in [-0.39, 0.29) is 10.5 Å². The molecule has 30 heavy (non-hydrogen) atoms. The van der Waals surface area contributed by atoms with Gasteiger partial charge in [0, 0.05) is 27.3 Å². The van der Waals surface area contributed by atoms with Crippen molar-refractivity contribution in [2.75, 3.05) is 12.0 Å². The molecule has 2 aliphatic carbocycles. The van der Waals surface area contributed by atoms with Crippen LogP contribution in [0.5, 0.6) is 0 Å². The Labute approximate surface area is 181 Å². The fourth-order valence-corrected chi connectivity index (χ4v) is 6.74. The van der Waals surface area contributed by atoms with Gasteiger partial charge in [-0.3, -0.25) is 14.5 Å². The lowest BCUT2D eigenvalue weighted by atomic mass is 9.90. The van der Waals surface area contributed by atoms with Gasteiger partial charge in [0.15, 0.2) is 0 Å². The molecule has 0 fully saturated rings. The summed E-state index contributed by atoms with van der Waals surface area (Å²) in [6.07, 6.45) is 5.53. The van der Waals surface area contributed by atoms with Gasteiger partial charge in [-0.25, -0.2) is 0 Å². The summed E-state index contributed by atoms with van der Waals surface area (Å²) in [6.45, 7) is 8.70. The first-order chi connectivity index (χ1) is 14.2. The van der Waals surface area contributed by atoms with Gasteiger partial charge in [-0.2, -0.15) is 0 Å². The van der Waals surface area contributed by atoms with Gasteiger partial charge in [-0.15, -0.1) is 11.1 Å². The van der Waals surface area contributed by atoms with Crippen LogP contribution in [-0.2, 0) is 30.3 Å². The predicted octanol–water partition coefficient (Wildman–Crippen LogP) is 4.11. The van der Waals surface area contributed by atoms with Gasteiger partial charge >= 0.3 is 0 Å². The van der Waals surface area contributed by atoms with Crippen molar-refractivity contribution in [2.45, 2.75) is 75.7 Å². The number of hydrogen-bond donors (Lipinski definition) is 4. The van der Waals surface area contributed by atoms with E-state index in [0.29, 0.717) is 6.67 Å². The van der Waals surface area contributed by atoms with Crippen molar-refractivity contribution in [3.8, 4) is 0 Å². The van der Waals surface area contributed by atoms with E-state index in [9.17, 15) is 9.90 Å². The highest BCUT2D eigenvalue weighted by molar-refractivity contribution is 8.30. The smallest absolute Gasteiger partial charge is 0.217 e. The van der Waals surface area contributed by atoms with Gasteiger partial charge < -0.3 is 10.4 Å². The minimum atomic E-state index is -1.04. The zero-order chi connectivity index (χ0) is 21.3. The molecule has 1 aromatic heterocycles. The molecule has 5 nitrogen and oxygen atoms in total. The molecule has 1 unspecified atom stereocenters. The summed E-state index contributed by atoms with van der Waals surface area (Å²) in [7, 11) is 0. The first-order valence-corrected chi connectivity index (χ1v) is 12.2. The second-order valence-electron chi connectivity index (χ2n) is 9.92. The molecule has 0 amide bonds. The Morgan fingerprint density at radius 2 is 2.00 bits per heavy atom. The zero-order valence-corrected chi connectivity index (χ0v) is 19.1. The summed E-state index contributed by atoms with van der Waals surface area (Å²) in [6, 6.07) is 5.69. The largest absolute Gasteiger partial charge is 0.386 e. The highest BCUT2D eigenvalue weighted by Crippen LogP contribution is 2.50. The molecule has 160 valence electrons. The van der Waals surface area contributed by atoms with Crippen LogP contribution in [-0.4, -0.2) is 21.9 Å². The second-order valence-corrected chi connectivity index (χ2v) is 11.8.